The van der Waals surface area contributed by atoms with E-state index in [0.29, 0.717) is 16.3 Å². The van der Waals surface area contributed by atoms with Gasteiger partial charge in [-0.3, -0.25) is 23.4 Å². The summed E-state index contributed by atoms with van der Waals surface area (Å²) in [4.78, 5) is 24.9. The number of halogens is 2. The molecule has 0 aliphatic carbocycles. The first kappa shape index (κ1) is 21.8. The van der Waals surface area contributed by atoms with Gasteiger partial charge in [-0.25, -0.2) is 13.8 Å². The molecule has 4 atom stereocenters. The van der Waals surface area contributed by atoms with Crippen LogP contribution in [-0.2, 0) is 30.7 Å². The lowest BCUT2D eigenvalue weighted by Crippen LogP contribution is -2.53. The molecule has 168 valence electrons. The van der Waals surface area contributed by atoms with Gasteiger partial charge in [-0.1, -0.05) is 18.2 Å². The summed E-state index contributed by atoms with van der Waals surface area (Å²) in [6, 6.07) is 6.52. The molecule has 0 spiro atoms. The monoisotopic (exact) mass is 462 g/mol. The largest absolute Gasteiger partial charge is 0.530 e. The number of alkyl halides is 1. The normalized spacial score (nSPS) is 32.5. The van der Waals surface area contributed by atoms with E-state index >= 15 is 4.39 Å². The second-order valence-corrected chi connectivity index (χ2v) is 8.60. The molecule has 4 rings (SSSR count). The van der Waals surface area contributed by atoms with Crippen molar-refractivity contribution >= 4 is 7.82 Å². The predicted octanol–water partition coefficient (Wildman–Crippen LogP) is 0.502. The van der Waals surface area contributed by atoms with Gasteiger partial charge in [0.15, 0.2) is 0 Å². The number of para-hydroxylation sites is 1. The van der Waals surface area contributed by atoms with Gasteiger partial charge in [0.05, 0.1) is 19.4 Å². The first-order valence-electron chi connectivity index (χ1n) is 8.96. The number of hydrogen-bond donors (Lipinski definition) is 3. The Balaban J connectivity index is 1.56. The van der Waals surface area contributed by atoms with E-state index in [1.165, 1.54) is 6.07 Å². The first-order chi connectivity index (χ1) is 14.6. The number of phosphoric ester groups is 1. The molecule has 2 aliphatic heterocycles. The number of aliphatic hydroxyl groups excluding tert-OH is 2. The molecule has 14 heteroatoms. The van der Waals surface area contributed by atoms with Crippen LogP contribution in [0.3, 0.4) is 0 Å². The number of nitrogens with zero attached hydrogens (tertiary/aromatic N) is 1. The molecule has 0 saturated carbocycles. The second kappa shape index (κ2) is 7.62. The minimum Gasteiger partial charge on any atom is -0.404 e. The topological polar surface area (TPSA) is 149 Å². The maximum Gasteiger partial charge on any atom is 0.530 e. The number of aromatic amines is 1. The third-order valence-electron chi connectivity index (χ3n) is 4.91. The van der Waals surface area contributed by atoms with Gasteiger partial charge in [-0.2, -0.15) is 4.39 Å². The van der Waals surface area contributed by atoms with Crippen LogP contribution >= 0.6 is 7.82 Å². The number of rotatable bonds is 5. The molecular weight excluding hydrogens is 445 g/mol. The Morgan fingerprint density at radius 2 is 2.10 bits per heavy atom. The summed E-state index contributed by atoms with van der Waals surface area (Å²) in [5.41, 5.74) is -4.48. The molecule has 1 saturated heterocycles. The minimum atomic E-state index is -4.25. The van der Waals surface area contributed by atoms with Gasteiger partial charge >= 0.3 is 13.5 Å². The van der Waals surface area contributed by atoms with Crippen LogP contribution in [0.4, 0.5) is 8.78 Å². The van der Waals surface area contributed by atoms with Crippen molar-refractivity contribution in [1.29, 1.82) is 0 Å². The van der Waals surface area contributed by atoms with E-state index in [1.54, 1.807) is 23.2 Å². The van der Waals surface area contributed by atoms with Gasteiger partial charge < -0.3 is 19.5 Å². The maximum absolute atomic E-state index is 15.3. The van der Waals surface area contributed by atoms with E-state index in [-0.39, 0.29) is 12.4 Å². The fourth-order valence-electron chi connectivity index (χ4n) is 3.36. The highest BCUT2D eigenvalue weighted by Crippen LogP contribution is 2.55. The van der Waals surface area contributed by atoms with Crippen LogP contribution < -0.4 is 15.8 Å². The zero-order chi connectivity index (χ0) is 22.4. The highest BCUT2D eigenvalue weighted by atomic mass is 31.2. The van der Waals surface area contributed by atoms with Crippen LogP contribution in [-0.4, -0.2) is 44.9 Å². The molecule has 3 N–H and O–H groups in total. The average molecular weight is 462 g/mol. The zero-order valence-corrected chi connectivity index (χ0v) is 16.6. The van der Waals surface area contributed by atoms with E-state index in [0.717, 1.165) is 0 Å². The number of aromatic nitrogens is 2. The summed E-state index contributed by atoms with van der Waals surface area (Å²) in [5.74, 6) is -4.09. The van der Waals surface area contributed by atoms with Crippen LogP contribution in [0.1, 0.15) is 12.0 Å². The van der Waals surface area contributed by atoms with Crippen molar-refractivity contribution in [1.82, 2.24) is 9.55 Å². The molecule has 11 nitrogen and oxygen atoms in total. The lowest BCUT2D eigenvalue weighted by atomic mass is 10.1. The van der Waals surface area contributed by atoms with Crippen molar-refractivity contribution in [3.05, 3.63) is 62.7 Å². The van der Waals surface area contributed by atoms with Crippen molar-refractivity contribution in [2.75, 3.05) is 13.2 Å². The van der Waals surface area contributed by atoms with Crippen molar-refractivity contribution in [3.8, 4) is 5.75 Å². The Bertz CT molecular complexity index is 1170. The molecule has 1 unspecified atom stereocenters. The van der Waals surface area contributed by atoms with E-state index in [2.05, 4.69) is 0 Å². The van der Waals surface area contributed by atoms with Gasteiger partial charge in [0.1, 0.15) is 18.5 Å². The average Bonchev–Trinajstić information content (AvgIpc) is 3.00. The number of H-pyrrole nitrogens is 1. The third-order valence-corrected chi connectivity index (χ3v) is 6.22. The van der Waals surface area contributed by atoms with Gasteiger partial charge in [-0.05, 0) is 6.07 Å². The Morgan fingerprint density at radius 3 is 2.84 bits per heavy atom. The van der Waals surface area contributed by atoms with Gasteiger partial charge in [-0.15, -0.1) is 0 Å². The van der Waals surface area contributed by atoms with E-state index in [4.69, 9.17) is 18.3 Å². The zero-order valence-electron chi connectivity index (χ0n) is 15.7. The smallest absolute Gasteiger partial charge is 0.404 e. The first-order valence-corrected chi connectivity index (χ1v) is 10.4. The SMILES string of the molecule is O=c1[nH]c(=O)n([C@]2(CO)O[C@](F)(COP3(=O)OCc4ccccc4O3)C[C@H]2O)cc1F. The molecule has 0 radical (unpaired) electrons. The van der Waals surface area contributed by atoms with E-state index < -0.39 is 62.2 Å². The number of benzene rings is 1. The van der Waals surface area contributed by atoms with Crippen LogP contribution in [0.25, 0.3) is 0 Å². The molecule has 2 aliphatic rings. The number of aliphatic hydroxyl groups is 2. The summed E-state index contributed by atoms with van der Waals surface area (Å²) >= 11 is 0. The molecule has 1 aromatic heterocycles. The summed E-state index contributed by atoms with van der Waals surface area (Å²) in [5, 5.41) is 20.1. The highest BCUT2D eigenvalue weighted by molar-refractivity contribution is 7.49. The summed E-state index contributed by atoms with van der Waals surface area (Å²) in [6.45, 7) is -2.36. The number of fused-ring (bicyclic) bond motifs is 1. The molecule has 0 bridgehead atoms. The molecule has 1 aromatic carbocycles. The van der Waals surface area contributed by atoms with Crippen LogP contribution in [0.5, 0.6) is 5.75 Å². The summed E-state index contributed by atoms with van der Waals surface area (Å²) < 4.78 is 62.4. The number of nitrogens with one attached hydrogen (secondary N) is 1. The Labute approximate surface area is 172 Å². The van der Waals surface area contributed by atoms with Crippen LogP contribution in [0.2, 0.25) is 0 Å². The second-order valence-electron chi connectivity index (χ2n) is 7.01. The molecule has 2 aromatic rings. The minimum absolute atomic E-state index is 0.122. The summed E-state index contributed by atoms with van der Waals surface area (Å²) in [7, 11) is -4.25. The maximum atomic E-state index is 15.3. The summed E-state index contributed by atoms with van der Waals surface area (Å²) in [6.07, 6.45) is -2.35. The van der Waals surface area contributed by atoms with Crippen molar-refractivity contribution in [2.45, 2.75) is 30.7 Å². The van der Waals surface area contributed by atoms with Crippen molar-refractivity contribution in [2.24, 2.45) is 0 Å². The van der Waals surface area contributed by atoms with E-state index in [9.17, 15) is 28.8 Å². The third kappa shape index (κ3) is 3.84. The Morgan fingerprint density at radius 1 is 1.35 bits per heavy atom. The number of phosphoric acid groups is 1. The van der Waals surface area contributed by atoms with Gasteiger partial charge in [0, 0.05) is 12.0 Å². The number of ether oxygens (including phenoxy) is 1. The molecule has 3 heterocycles. The quantitative estimate of drug-likeness (QED) is 0.540. The molecular formula is C17H17F2N2O9P. The fraction of sp³-hybridized carbons (Fsp3) is 0.412. The van der Waals surface area contributed by atoms with Crippen LogP contribution in [0, 0.1) is 5.82 Å². The molecule has 1 fully saturated rings. The lowest BCUT2D eigenvalue weighted by Gasteiger charge is -2.32. The van der Waals surface area contributed by atoms with Gasteiger partial charge in [0.2, 0.25) is 17.4 Å². The Hall–Kier alpha value is -2.41. The number of hydrogen-bond acceptors (Lipinski definition) is 9. The van der Waals surface area contributed by atoms with E-state index in [1.807, 2.05) is 0 Å². The molecule has 0 amide bonds. The van der Waals surface area contributed by atoms with Gasteiger partial charge in [0.25, 0.3) is 5.56 Å². The molecule has 31 heavy (non-hydrogen) atoms. The van der Waals surface area contributed by atoms with Crippen LogP contribution in [0.15, 0.2) is 40.1 Å². The standard InChI is InChI=1S/C17H17F2N2O9P/c18-11-6-21(15(25)20-14(11)24)17(8-22)13(23)5-16(19,30-17)9-28-31(26)27-7-10-3-1-2-4-12(10)29-31/h1-4,6,13,22-23H,5,7-9H2,(H,20,24,25)/t13-,16+,17-,31?/m1/s1. The van der Waals surface area contributed by atoms with Crippen molar-refractivity contribution in [3.63, 3.8) is 0 Å². The highest BCUT2D eigenvalue weighted by Gasteiger charge is 2.59. The van der Waals surface area contributed by atoms with Crippen molar-refractivity contribution < 1.29 is 41.9 Å². The lowest BCUT2D eigenvalue weighted by molar-refractivity contribution is -0.246. The fourth-order valence-corrected chi connectivity index (χ4v) is 4.61. The Kier molecular flexibility index (Phi) is 5.36. The predicted molar refractivity (Wildman–Crippen MR) is 97.3 cm³/mol.